The van der Waals surface area contributed by atoms with Crippen LogP contribution in [0.4, 0.5) is 4.79 Å². The average Bonchev–Trinajstić information content (AvgIpc) is 3.28. The van der Waals surface area contributed by atoms with Crippen LogP contribution in [0.1, 0.15) is 63.3 Å². The topological polar surface area (TPSA) is 97.6 Å². The first-order valence-corrected chi connectivity index (χ1v) is 9.17. The quantitative estimate of drug-likeness (QED) is 0.836. The van der Waals surface area contributed by atoms with Crippen molar-refractivity contribution in [3.63, 3.8) is 0 Å². The van der Waals surface area contributed by atoms with Crippen LogP contribution in [0.15, 0.2) is 4.52 Å². The molecule has 1 aliphatic carbocycles. The van der Waals surface area contributed by atoms with Crippen molar-refractivity contribution in [3.05, 3.63) is 11.7 Å². The van der Waals surface area contributed by atoms with Crippen LogP contribution >= 0.6 is 0 Å². The highest BCUT2D eigenvalue weighted by Crippen LogP contribution is 2.34. The molecule has 25 heavy (non-hydrogen) atoms. The van der Waals surface area contributed by atoms with Gasteiger partial charge in [-0.15, -0.1) is 0 Å². The third-order valence-electron chi connectivity index (χ3n) is 5.63. The molecule has 136 valence electrons. The van der Waals surface area contributed by atoms with Gasteiger partial charge in [-0.2, -0.15) is 4.98 Å². The highest BCUT2D eigenvalue weighted by molar-refractivity contribution is 6.07. The molecule has 0 bridgehead atoms. The fourth-order valence-corrected chi connectivity index (χ4v) is 4.08. The summed E-state index contributed by atoms with van der Waals surface area (Å²) in [6.07, 6.45) is 5.77. The van der Waals surface area contributed by atoms with Gasteiger partial charge < -0.3 is 14.6 Å². The van der Waals surface area contributed by atoms with Crippen LogP contribution < -0.4 is 5.32 Å². The van der Waals surface area contributed by atoms with Crippen LogP contribution in [0.5, 0.6) is 0 Å². The Balaban J connectivity index is 1.39. The molecule has 2 atom stereocenters. The van der Waals surface area contributed by atoms with Crippen molar-refractivity contribution < 1.29 is 18.8 Å². The fraction of sp³-hybridized carbons (Fsp3) is 0.765. The summed E-state index contributed by atoms with van der Waals surface area (Å²) in [4.78, 5) is 30.7. The molecule has 2 saturated heterocycles. The molecule has 1 saturated carbocycles. The molecular weight excluding hydrogens is 324 g/mol. The van der Waals surface area contributed by atoms with E-state index >= 15 is 0 Å². The van der Waals surface area contributed by atoms with Gasteiger partial charge in [0.05, 0.1) is 0 Å². The first kappa shape index (κ1) is 16.5. The van der Waals surface area contributed by atoms with Gasteiger partial charge in [0, 0.05) is 19.6 Å². The minimum Gasteiger partial charge on any atom is -0.368 e. The standard InChI is InChI=1S/C17H24N4O4/c1-11-6-10-24-13(11)14-18-12(20-25-14)5-9-21-15(22)17(19-16(21)23)7-3-2-4-8-17/h11,13H,2-10H2,1H3,(H,19,23)/t11-,13+/m1/s1. The zero-order chi connectivity index (χ0) is 17.4. The molecule has 1 aromatic rings. The van der Waals surface area contributed by atoms with E-state index in [-0.39, 0.29) is 24.6 Å². The molecule has 3 fully saturated rings. The van der Waals surface area contributed by atoms with E-state index in [0.29, 0.717) is 30.7 Å². The molecule has 1 spiro atoms. The van der Waals surface area contributed by atoms with Crippen molar-refractivity contribution >= 4 is 11.9 Å². The van der Waals surface area contributed by atoms with Crippen LogP contribution in [0.25, 0.3) is 0 Å². The van der Waals surface area contributed by atoms with E-state index in [0.717, 1.165) is 38.5 Å². The summed E-state index contributed by atoms with van der Waals surface area (Å²) >= 11 is 0. The van der Waals surface area contributed by atoms with Gasteiger partial charge >= 0.3 is 6.03 Å². The Morgan fingerprint density at radius 2 is 2.08 bits per heavy atom. The molecule has 0 radical (unpaired) electrons. The predicted octanol–water partition coefficient (Wildman–Crippen LogP) is 1.96. The Labute approximate surface area is 146 Å². The van der Waals surface area contributed by atoms with Gasteiger partial charge in [-0.3, -0.25) is 9.69 Å². The van der Waals surface area contributed by atoms with E-state index in [4.69, 9.17) is 9.26 Å². The van der Waals surface area contributed by atoms with E-state index in [2.05, 4.69) is 22.4 Å². The van der Waals surface area contributed by atoms with E-state index in [1.165, 1.54) is 4.90 Å². The maximum atomic E-state index is 12.7. The lowest BCUT2D eigenvalue weighted by molar-refractivity contribution is -0.132. The molecule has 1 N–H and O–H groups in total. The molecule has 0 aromatic carbocycles. The second-order valence-electron chi connectivity index (χ2n) is 7.39. The lowest BCUT2D eigenvalue weighted by Gasteiger charge is -2.30. The number of hydrogen-bond donors (Lipinski definition) is 1. The van der Waals surface area contributed by atoms with Gasteiger partial charge in [0.1, 0.15) is 11.6 Å². The van der Waals surface area contributed by atoms with Crippen molar-refractivity contribution in [2.75, 3.05) is 13.2 Å². The molecule has 0 unspecified atom stereocenters. The highest BCUT2D eigenvalue weighted by atomic mass is 16.5. The third-order valence-corrected chi connectivity index (χ3v) is 5.63. The first-order valence-electron chi connectivity index (χ1n) is 9.17. The molecule has 8 nitrogen and oxygen atoms in total. The number of carbonyl (C=O) groups is 2. The van der Waals surface area contributed by atoms with Crippen LogP contribution in [0.3, 0.4) is 0 Å². The minimum atomic E-state index is -0.676. The van der Waals surface area contributed by atoms with Crippen molar-refractivity contribution in [2.45, 2.75) is 63.5 Å². The number of hydrogen-bond acceptors (Lipinski definition) is 6. The van der Waals surface area contributed by atoms with E-state index in [9.17, 15) is 9.59 Å². The summed E-state index contributed by atoms with van der Waals surface area (Å²) in [6, 6.07) is -0.302. The van der Waals surface area contributed by atoms with Crippen molar-refractivity contribution in [1.29, 1.82) is 0 Å². The number of carbonyl (C=O) groups excluding carboxylic acids is 2. The number of urea groups is 1. The highest BCUT2D eigenvalue weighted by Gasteiger charge is 2.51. The van der Waals surface area contributed by atoms with Gasteiger partial charge in [0.25, 0.3) is 11.8 Å². The van der Waals surface area contributed by atoms with Gasteiger partial charge in [-0.05, 0) is 25.2 Å². The average molecular weight is 348 g/mol. The van der Waals surface area contributed by atoms with Gasteiger partial charge in [0.15, 0.2) is 5.82 Å². The molecule has 1 aromatic heterocycles. The van der Waals surface area contributed by atoms with Gasteiger partial charge in [-0.25, -0.2) is 4.79 Å². The molecule has 3 aliphatic rings. The Hall–Kier alpha value is -1.96. The summed E-state index contributed by atoms with van der Waals surface area (Å²) in [5, 5.41) is 6.89. The number of rotatable bonds is 4. The normalized spacial score (nSPS) is 28.8. The fourth-order valence-electron chi connectivity index (χ4n) is 4.08. The lowest BCUT2D eigenvalue weighted by Crippen LogP contribution is -2.48. The summed E-state index contributed by atoms with van der Waals surface area (Å²) in [5.41, 5.74) is -0.676. The summed E-state index contributed by atoms with van der Waals surface area (Å²) < 4.78 is 10.9. The number of aromatic nitrogens is 2. The van der Waals surface area contributed by atoms with Crippen molar-refractivity contribution in [3.8, 4) is 0 Å². The minimum absolute atomic E-state index is 0.103. The Morgan fingerprint density at radius 3 is 2.80 bits per heavy atom. The Bertz CT molecular complexity index is 667. The number of nitrogens with zero attached hydrogens (tertiary/aromatic N) is 3. The van der Waals surface area contributed by atoms with Gasteiger partial charge in [0.2, 0.25) is 0 Å². The summed E-state index contributed by atoms with van der Waals surface area (Å²) in [7, 11) is 0. The summed E-state index contributed by atoms with van der Waals surface area (Å²) in [5.74, 6) is 1.24. The largest absolute Gasteiger partial charge is 0.368 e. The second-order valence-corrected chi connectivity index (χ2v) is 7.39. The maximum Gasteiger partial charge on any atom is 0.325 e. The second kappa shape index (κ2) is 6.40. The van der Waals surface area contributed by atoms with E-state index in [1.807, 2.05) is 0 Å². The molecule has 4 rings (SSSR count). The Kier molecular flexibility index (Phi) is 4.23. The van der Waals surface area contributed by atoms with Crippen molar-refractivity contribution in [2.24, 2.45) is 5.92 Å². The Morgan fingerprint density at radius 1 is 1.28 bits per heavy atom. The molecule has 2 aliphatic heterocycles. The third kappa shape index (κ3) is 2.92. The van der Waals surface area contributed by atoms with Crippen LogP contribution in [0.2, 0.25) is 0 Å². The van der Waals surface area contributed by atoms with E-state index in [1.54, 1.807) is 0 Å². The zero-order valence-electron chi connectivity index (χ0n) is 14.5. The predicted molar refractivity (Wildman–Crippen MR) is 86.5 cm³/mol. The first-order chi connectivity index (χ1) is 12.1. The monoisotopic (exact) mass is 348 g/mol. The van der Waals surface area contributed by atoms with Crippen molar-refractivity contribution in [1.82, 2.24) is 20.4 Å². The van der Waals surface area contributed by atoms with Crippen LogP contribution in [0, 0.1) is 5.92 Å². The molecule has 8 heteroatoms. The van der Waals surface area contributed by atoms with Crippen LogP contribution in [-0.2, 0) is 16.0 Å². The maximum absolute atomic E-state index is 12.7. The molecule has 3 heterocycles. The summed E-state index contributed by atoms with van der Waals surface area (Å²) in [6.45, 7) is 3.07. The smallest absolute Gasteiger partial charge is 0.325 e. The molecule has 3 amide bonds. The van der Waals surface area contributed by atoms with E-state index < -0.39 is 5.54 Å². The zero-order valence-corrected chi connectivity index (χ0v) is 14.5. The number of imide groups is 1. The molecular formula is C17H24N4O4. The SMILES string of the molecule is C[C@@H]1CCO[C@@H]1c1nc(CCN2C(=O)NC3(CCCCC3)C2=O)no1. The number of nitrogens with one attached hydrogen (secondary N) is 1. The number of ether oxygens (including phenoxy) is 1. The number of amides is 3. The van der Waals surface area contributed by atoms with Gasteiger partial charge in [-0.1, -0.05) is 31.3 Å². The van der Waals surface area contributed by atoms with Crippen LogP contribution in [-0.4, -0.2) is 45.7 Å². The lowest BCUT2D eigenvalue weighted by atomic mass is 9.82.